The third-order valence-corrected chi connectivity index (χ3v) is 4.86. The van der Waals surface area contributed by atoms with Crippen molar-refractivity contribution in [2.24, 2.45) is 0 Å². The third-order valence-electron chi connectivity index (χ3n) is 4.58. The van der Waals surface area contributed by atoms with Gasteiger partial charge in [0.1, 0.15) is 0 Å². The van der Waals surface area contributed by atoms with Crippen LogP contribution in [-0.2, 0) is 14.3 Å². The highest BCUT2D eigenvalue weighted by molar-refractivity contribution is 6.32. The Kier molecular flexibility index (Phi) is 9.40. The summed E-state index contributed by atoms with van der Waals surface area (Å²) in [4.78, 5) is 27.1. The Morgan fingerprint density at radius 2 is 1.77 bits per heavy atom. The second-order valence-corrected chi connectivity index (χ2v) is 6.95. The van der Waals surface area contributed by atoms with Crippen molar-refractivity contribution in [3.8, 4) is 11.5 Å². The van der Waals surface area contributed by atoms with E-state index in [0.717, 1.165) is 0 Å². The van der Waals surface area contributed by atoms with Gasteiger partial charge in [0, 0.05) is 24.7 Å². The molecule has 0 aliphatic heterocycles. The van der Waals surface area contributed by atoms with E-state index in [9.17, 15) is 9.59 Å². The maximum absolute atomic E-state index is 12.9. The van der Waals surface area contributed by atoms with E-state index in [4.69, 9.17) is 25.8 Å². The molecule has 0 saturated heterocycles. The van der Waals surface area contributed by atoms with Gasteiger partial charge in [0.15, 0.2) is 11.5 Å². The summed E-state index contributed by atoms with van der Waals surface area (Å²) in [5.74, 6) is 0.00456. The molecule has 0 aliphatic rings. The summed E-state index contributed by atoms with van der Waals surface area (Å²) in [5, 5.41) is 0.361. The van der Waals surface area contributed by atoms with Gasteiger partial charge in [-0.3, -0.25) is 4.79 Å². The maximum Gasteiger partial charge on any atom is 0.331 e. The highest BCUT2D eigenvalue weighted by atomic mass is 35.5. The van der Waals surface area contributed by atoms with Crippen molar-refractivity contribution in [1.29, 1.82) is 0 Å². The fourth-order valence-corrected chi connectivity index (χ4v) is 3.35. The Morgan fingerprint density at radius 1 is 1.10 bits per heavy atom. The minimum atomic E-state index is -1.02. The van der Waals surface area contributed by atoms with Crippen LogP contribution in [-0.4, -0.2) is 43.6 Å². The predicted octanol–water partition coefficient (Wildman–Crippen LogP) is 4.91. The molecule has 0 aliphatic carbocycles. The van der Waals surface area contributed by atoms with Crippen LogP contribution in [0.2, 0.25) is 5.02 Å². The lowest BCUT2D eigenvalue weighted by molar-refractivity contribution is -0.157. The molecule has 0 fully saturated rings. The van der Waals surface area contributed by atoms with Gasteiger partial charge in [-0.15, -0.1) is 0 Å². The molecule has 0 N–H and O–H groups in total. The number of carbonyl (C=O) groups is 2. The van der Waals surface area contributed by atoms with Crippen molar-refractivity contribution in [1.82, 2.24) is 4.90 Å². The number of halogens is 1. The number of ether oxygens (including phenoxy) is 3. The van der Waals surface area contributed by atoms with E-state index in [1.165, 1.54) is 13.2 Å². The molecular weight excluding hydrogens is 418 g/mol. The second kappa shape index (κ2) is 12.0. The van der Waals surface area contributed by atoms with Gasteiger partial charge in [-0.2, -0.15) is 0 Å². The summed E-state index contributed by atoms with van der Waals surface area (Å²) in [6, 6.07) is 12.3. The number of amides is 1. The summed E-state index contributed by atoms with van der Waals surface area (Å²) in [7, 11) is 1.51. The Balaban J connectivity index is 2.24. The molecule has 0 radical (unpaired) electrons. The number of rotatable bonds is 10. The molecule has 0 heterocycles. The van der Waals surface area contributed by atoms with Crippen LogP contribution in [0, 0.1) is 0 Å². The second-order valence-electron chi connectivity index (χ2n) is 6.54. The molecule has 2 aromatic carbocycles. The Morgan fingerprint density at radius 3 is 2.35 bits per heavy atom. The van der Waals surface area contributed by atoms with Crippen LogP contribution < -0.4 is 9.47 Å². The minimum absolute atomic E-state index is 0.260. The fourth-order valence-electron chi connectivity index (χ4n) is 3.05. The van der Waals surface area contributed by atoms with Gasteiger partial charge >= 0.3 is 5.97 Å². The first-order chi connectivity index (χ1) is 14.9. The maximum atomic E-state index is 12.9. The summed E-state index contributed by atoms with van der Waals surface area (Å²) < 4.78 is 16.4. The molecule has 0 saturated carbocycles. The lowest BCUT2D eigenvalue weighted by Crippen LogP contribution is -2.36. The average molecular weight is 446 g/mol. The van der Waals surface area contributed by atoms with E-state index in [1.54, 1.807) is 47.4 Å². The monoisotopic (exact) mass is 445 g/mol. The summed E-state index contributed by atoms with van der Waals surface area (Å²) in [5.41, 5.74) is 1.25. The van der Waals surface area contributed by atoms with Gasteiger partial charge in [-0.1, -0.05) is 41.9 Å². The van der Waals surface area contributed by atoms with E-state index in [1.807, 2.05) is 26.8 Å². The number of likely N-dealkylation sites (N-methyl/N-ethyl adjacent to an activating group) is 1. The number of methoxy groups -OCH3 is 1. The molecule has 7 heteroatoms. The quantitative estimate of drug-likeness (QED) is 0.384. The van der Waals surface area contributed by atoms with Gasteiger partial charge < -0.3 is 19.1 Å². The van der Waals surface area contributed by atoms with E-state index < -0.39 is 12.1 Å². The third kappa shape index (κ3) is 6.49. The Bertz CT molecular complexity index is 910. The van der Waals surface area contributed by atoms with Gasteiger partial charge in [0.05, 0.1) is 18.7 Å². The number of benzene rings is 2. The largest absolute Gasteiger partial charge is 0.491 e. The van der Waals surface area contributed by atoms with Crippen molar-refractivity contribution in [2.75, 3.05) is 26.8 Å². The number of hydrogen-bond acceptors (Lipinski definition) is 5. The van der Waals surface area contributed by atoms with Crippen LogP contribution in [0.3, 0.4) is 0 Å². The lowest BCUT2D eigenvalue weighted by Gasteiger charge is -2.25. The van der Waals surface area contributed by atoms with E-state index in [-0.39, 0.29) is 5.91 Å². The summed E-state index contributed by atoms with van der Waals surface area (Å²) in [6.07, 6.45) is 1.80. The number of nitrogens with zero attached hydrogens (tertiary/aromatic N) is 1. The number of esters is 1. The molecule has 1 atom stereocenters. The predicted molar refractivity (Wildman–Crippen MR) is 121 cm³/mol. The molecule has 166 valence electrons. The molecule has 0 spiro atoms. The van der Waals surface area contributed by atoms with Crippen molar-refractivity contribution >= 4 is 29.6 Å². The first kappa shape index (κ1) is 24.3. The van der Waals surface area contributed by atoms with Crippen LogP contribution in [0.4, 0.5) is 0 Å². The van der Waals surface area contributed by atoms with Gasteiger partial charge in [0.25, 0.3) is 5.91 Å². The average Bonchev–Trinajstić information content (AvgIpc) is 2.77. The zero-order chi connectivity index (χ0) is 22.8. The molecule has 1 amide bonds. The normalized spacial score (nSPS) is 11.8. The molecule has 2 aromatic rings. The van der Waals surface area contributed by atoms with Crippen LogP contribution >= 0.6 is 11.6 Å². The van der Waals surface area contributed by atoms with E-state index in [2.05, 4.69) is 0 Å². The van der Waals surface area contributed by atoms with Gasteiger partial charge in [-0.05, 0) is 44.5 Å². The van der Waals surface area contributed by atoms with Crippen molar-refractivity contribution in [2.45, 2.75) is 26.9 Å². The standard InChI is InChI=1S/C24H28ClNO5/c1-5-26(6-2)24(28)22(18-11-9-8-10-12-18)31-21(27)14-13-17-15-19(25)23(29-4)20(16-17)30-7-3/h8-16,22H,5-7H2,1-4H3. The van der Waals surface area contributed by atoms with Crippen LogP contribution in [0.5, 0.6) is 11.5 Å². The molecule has 1 unspecified atom stereocenters. The van der Waals surface area contributed by atoms with Crippen LogP contribution in [0.15, 0.2) is 48.5 Å². The van der Waals surface area contributed by atoms with Crippen LogP contribution in [0.25, 0.3) is 6.08 Å². The summed E-state index contributed by atoms with van der Waals surface area (Å²) in [6.45, 7) is 7.11. The SMILES string of the molecule is CCOc1cc(C=CC(=O)OC(C(=O)N(CC)CC)c2ccccc2)cc(Cl)c1OC. The van der Waals surface area contributed by atoms with Crippen LogP contribution in [0.1, 0.15) is 38.0 Å². The first-order valence-electron chi connectivity index (χ1n) is 10.2. The van der Waals surface area contributed by atoms with E-state index >= 15 is 0 Å². The number of carbonyl (C=O) groups excluding carboxylic acids is 2. The Labute approximate surface area is 188 Å². The van der Waals surface area contributed by atoms with Crippen molar-refractivity contribution in [3.63, 3.8) is 0 Å². The molecular formula is C24H28ClNO5. The van der Waals surface area contributed by atoms with Crippen molar-refractivity contribution < 1.29 is 23.8 Å². The lowest BCUT2D eigenvalue weighted by atomic mass is 10.1. The molecule has 2 rings (SSSR count). The zero-order valence-corrected chi connectivity index (χ0v) is 19.0. The van der Waals surface area contributed by atoms with Gasteiger partial charge in [0.2, 0.25) is 6.10 Å². The molecule has 0 aromatic heterocycles. The minimum Gasteiger partial charge on any atom is -0.491 e. The molecule has 31 heavy (non-hydrogen) atoms. The van der Waals surface area contributed by atoms with E-state index in [0.29, 0.717) is 47.3 Å². The highest BCUT2D eigenvalue weighted by Crippen LogP contribution is 2.36. The Hall–Kier alpha value is -2.99. The zero-order valence-electron chi connectivity index (χ0n) is 18.3. The van der Waals surface area contributed by atoms with Crippen molar-refractivity contribution in [3.05, 3.63) is 64.7 Å². The fraction of sp³-hybridized carbons (Fsp3) is 0.333. The molecule has 6 nitrogen and oxygen atoms in total. The molecule has 0 bridgehead atoms. The number of hydrogen-bond donors (Lipinski definition) is 0. The topological polar surface area (TPSA) is 65.1 Å². The van der Waals surface area contributed by atoms with Gasteiger partial charge in [-0.25, -0.2) is 4.79 Å². The highest BCUT2D eigenvalue weighted by Gasteiger charge is 2.27. The smallest absolute Gasteiger partial charge is 0.331 e. The first-order valence-corrected chi connectivity index (χ1v) is 10.6. The summed E-state index contributed by atoms with van der Waals surface area (Å²) >= 11 is 6.25.